The van der Waals surface area contributed by atoms with Crippen LogP contribution in [0.4, 0.5) is 5.69 Å². The Morgan fingerprint density at radius 3 is 2.62 bits per heavy atom. The molecule has 0 saturated heterocycles. The van der Waals surface area contributed by atoms with Gasteiger partial charge in [0.15, 0.2) is 0 Å². The first-order valence-corrected chi connectivity index (χ1v) is 9.70. The average Bonchev–Trinajstić information content (AvgIpc) is 2.61. The number of hydrogen-bond donors (Lipinski definition) is 1. The van der Waals surface area contributed by atoms with Gasteiger partial charge in [-0.15, -0.1) is 11.8 Å². The molecule has 0 unspecified atom stereocenters. The quantitative estimate of drug-likeness (QED) is 0.550. The van der Waals surface area contributed by atoms with E-state index in [1.54, 1.807) is 43.1 Å². The van der Waals surface area contributed by atoms with Crippen molar-refractivity contribution in [2.24, 2.45) is 0 Å². The molecule has 0 aromatic heterocycles. The van der Waals surface area contributed by atoms with Gasteiger partial charge in [-0.05, 0) is 42.2 Å². The molecule has 0 aliphatic carbocycles. The second-order valence-electron chi connectivity index (χ2n) is 5.44. The van der Waals surface area contributed by atoms with Crippen LogP contribution in [0.5, 0.6) is 0 Å². The fourth-order valence-electron chi connectivity index (χ4n) is 2.16. The predicted octanol–water partition coefficient (Wildman–Crippen LogP) is 4.83. The summed E-state index contributed by atoms with van der Waals surface area (Å²) < 4.78 is 0. The van der Waals surface area contributed by atoms with Crippen molar-refractivity contribution in [1.82, 2.24) is 4.90 Å². The topological polar surface area (TPSA) is 49.4 Å². The molecule has 0 fully saturated rings. The number of anilines is 1. The highest BCUT2D eigenvalue weighted by atomic mass is 35.5. The van der Waals surface area contributed by atoms with E-state index in [2.05, 4.69) is 5.32 Å². The summed E-state index contributed by atoms with van der Waals surface area (Å²) in [7, 11) is 1.57. The zero-order chi connectivity index (χ0) is 19.1. The summed E-state index contributed by atoms with van der Waals surface area (Å²) in [5.41, 5.74) is 1.41. The Kier molecular flexibility index (Phi) is 7.57. The molecule has 4 nitrogen and oxygen atoms in total. The Balaban J connectivity index is 1.95. The second-order valence-corrected chi connectivity index (χ2v) is 7.13. The molecule has 0 radical (unpaired) electrons. The maximum atomic E-state index is 12.2. The van der Waals surface area contributed by atoms with Crippen LogP contribution in [0.3, 0.4) is 0 Å². The molecular formula is C19H18Cl2N2O2S. The number of hydrogen-bond acceptors (Lipinski definition) is 3. The minimum absolute atomic E-state index is 0.0553. The van der Waals surface area contributed by atoms with E-state index in [1.807, 2.05) is 30.5 Å². The van der Waals surface area contributed by atoms with E-state index in [4.69, 9.17) is 23.2 Å². The van der Waals surface area contributed by atoms with Crippen molar-refractivity contribution >= 4 is 58.5 Å². The van der Waals surface area contributed by atoms with E-state index < -0.39 is 0 Å². The summed E-state index contributed by atoms with van der Waals surface area (Å²) in [6.07, 6.45) is 4.91. The van der Waals surface area contributed by atoms with Crippen molar-refractivity contribution in [1.29, 1.82) is 0 Å². The SMILES string of the molecule is CSc1ccccc1NC(=O)CN(C)C(=O)/C=C/c1ccc(Cl)cc1Cl. The molecule has 2 amide bonds. The van der Waals surface area contributed by atoms with Crippen molar-refractivity contribution < 1.29 is 9.59 Å². The van der Waals surface area contributed by atoms with Gasteiger partial charge in [-0.3, -0.25) is 9.59 Å². The Labute approximate surface area is 167 Å². The van der Waals surface area contributed by atoms with Crippen LogP contribution in [0.15, 0.2) is 53.4 Å². The van der Waals surface area contributed by atoms with Gasteiger partial charge in [0.05, 0.1) is 12.2 Å². The molecule has 1 N–H and O–H groups in total. The van der Waals surface area contributed by atoms with E-state index in [9.17, 15) is 9.59 Å². The lowest BCUT2D eigenvalue weighted by atomic mass is 10.2. The maximum absolute atomic E-state index is 12.2. The number of amides is 2. The molecule has 0 saturated carbocycles. The summed E-state index contributed by atoms with van der Waals surface area (Å²) in [6.45, 7) is -0.0553. The van der Waals surface area contributed by atoms with E-state index in [1.165, 1.54) is 11.0 Å². The Hall–Kier alpha value is -1.95. The third kappa shape index (κ3) is 5.80. The number of nitrogens with zero attached hydrogens (tertiary/aromatic N) is 1. The predicted molar refractivity (Wildman–Crippen MR) is 110 cm³/mol. The van der Waals surface area contributed by atoms with Gasteiger partial charge in [0.1, 0.15) is 0 Å². The highest BCUT2D eigenvalue weighted by Crippen LogP contribution is 2.24. The highest BCUT2D eigenvalue weighted by Gasteiger charge is 2.12. The fourth-order valence-corrected chi connectivity index (χ4v) is 3.18. The van der Waals surface area contributed by atoms with Crippen LogP contribution in [0.1, 0.15) is 5.56 Å². The zero-order valence-corrected chi connectivity index (χ0v) is 16.7. The molecule has 0 heterocycles. The number of carbonyl (C=O) groups is 2. The number of nitrogens with one attached hydrogen (secondary N) is 1. The molecule has 26 heavy (non-hydrogen) atoms. The van der Waals surface area contributed by atoms with Crippen LogP contribution in [0.2, 0.25) is 10.0 Å². The zero-order valence-electron chi connectivity index (χ0n) is 14.3. The molecular weight excluding hydrogens is 391 g/mol. The maximum Gasteiger partial charge on any atom is 0.246 e. The van der Waals surface area contributed by atoms with Crippen molar-refractivity contribution in [2.45, 2.75) is 4.90 Å². The van der Waals surface area contributed by atoms with Crippen LogP contribution in [-0.4, -0.2) is 36.6 Å². The summed E-state index contributed by atoms with van der Waals surface area (Å²) in [6, 6.07) is 12.5. The van der Waals surface area contributed by atoms with Gasteiger partial charge in [0, 0.05) is 28.1 Å². The number of carbonyl (C=O) groups excluding carboxylic acids is 2. The first-order valence-electron chi connectivity index (χ1n) is 7.72. The van der Waals surface area contributed by atoms with Gasteiger partial charge in [0.25, 0.3) is 0 Å². The molecule has 0 spiro atoms. The number of rotatable bonds is 6. The fraction of sp³-hybridized carbons (Fsp3) is 0.158. The minimum atomic E-state index is -0.302. The Bertz CT molecular complexity index is 840. The molecule has 136 valence electrons. The minimum Gasteiger partial charge on any atom is -0.333 e. The van der Waals surface area contributed by atoms with E-state index in [0.717, 1.165) is 10.6 Å². The van der Waals surface area contributed by atoms with Crippen LogP contribution < -0.4 is 5.32 Å². The van der Waals surface area contributed by atoms with Crippen LogP contribution in [-0.2, 0) is 9.59 Å². The summed E-state index contributed by atoms with van der Waals surface area (Å²) in [5, 5.41) is 3.80. The summed E-state index contributed by atoms with van der Waals surface area (Å²) in [5.74, 6) is -0.565. The van der Waals surface area contributed by atoms with Gasteiger partial charge in [-0.1, -0.05) is 41.4 Å². The highest BCUT2D eigenvalue weighted by molar-refractivity contribution is 7.98. The lowest BCUT2D eigenvalue weighted by Crippen LogP contribution is -2.33. The number of halogens is 2. The van der Waals surface area contributed by atoms with Crippen molar-refractivity contribution in [3.05, 3.63) is 64.1 Å². The third-order valence-corrected chi connectivity index (χ3v) is 4.86. The monoisotopic (exact) mass is 408 g/mol. The van der Waals surface area contributed by atoms with Gasteiger partial charge in [-0.25, -0.2) is 0 Å². The van der Waals surface area contributed by atoms with E-state index >= 15 is 0 Å². The van der Waals surface area contributed by atoms with Crippen molar-refractivity contribution in [3.63, 3.8) is 0 Å². The summed E-state index contributed by atoms with van der Waals surface area (Å²) in [4.78, 5) is 26.7. The largest absolute Gasteiger partial charge is 0.333 e. The summed E-state index contributed by atoms with van der Waals surface area (Å²) >= 11 is 13.5. The first kappa shape index (κ1) is 20.4. The van der Waals surface area contributed by atoms with Crippen molar-refractivity contribution in [2.75, 3.05) is 25.2 Å². The van der Waals surface area contributed by atoms with Gasteiger partial charge < -0.3 is 10.2 Å². The molecule has 0 atom stereocenters. The van der Waals surface area contributed by atoms with Gasteiger partial charge >= 0.3 is 0 Å². The Morgan fingerprint density at radius 2 is 1.92 bits per heavy atom. The molecule has 2 aromatic rings. The number of thioether (sulfide) groups is 1. The molecule has 2 rings (SSSR count). The number of para-hydroxylation sites is 1. The van der Waals surface area contributed by atoms with Crippen molar-refractivity contribution in [3.8, 4) is 0 Å². The molecule has 0 aliphatic heterocycles. The molecule has 2 aromatic carbocycles. The van der Waals surface area contributed by atoms with Crippen LogP contribution >= 0.6 is 35.0 Å². The standard InChI is InChI=1S/C19H18Cl2N2O2S/c1-23(12-18(24)22-16-5-3-4-6-17(16)26-2)19(25)10-8-13-7-9-14(20)11-15(13)21/h3-11H,12H2,1-2H3,(H,22,24)/b10-8+. The number of benzene rings is 2. The molecule has 0 bridgehead atoms. The molecule has 0 aliphatic rings. The average molecular weight is 409 g/mol. The Morgan fingerprint density at radius 1 is 1.19 bits per heavy atom. The number of likely N-dealkylation sites (N-methyl/N-ethyl adjacent to an activating group) is 1. The van der Waals surface area contributed by atoms with E-state index in [-0.39, 0.29) is 18.4 Å². The normalized spacial score (nSPS) is 10.8. The van der Waals surface area contributed by atoms with Gasteiger partial charge in [-0.2, -0.15) is 0 Å². The van der Waals surface area contributed by atoms with Crippen LogP contribution in [0.25, 0.3) is 6.08 Å². The third-order valence-electron chi connectivity index (χ3n) is 3.51. The smallest absolute Gasteiger partial charge is 0.246 e. The first-order chi connectivity index (χ1) is 12.4. The lowest BCUT2D eigenvalue weighted by molar-refractivity contribution is -0.129. The van der Waals surface area contributed by atoms with Gasteiger partial charge in [0.2, 0.25) is 11.8 Å². The molecule has 7 heteroatoms. The lowest BCUT2D eigenvalue weighted by Gasteiger charge is -2.16. The van der Waals surface area contributed by atoms with Crippen LogP contribution in [0, 0.1) is 0 Å². The second kappa shape index (κ2) is 9.67. The van der Waals surface area contributed by atoms with E-state index in [0.29, 0.717) is 15.6 Å².